The summed E-state index contributed by atoms with van der Waals surface area (Å²) >= 11 is 7.23. The Morgan fingerprint density at radius 2 is 2.20 bits per heavy atom. The minimum atomic E-state index is 0.138. The van der Waals surface area contributed by atoms with Gasteiger partial charge in [0.25, 0.3) is 0 Å². The van der Waals surface area contributed by atoms with E-state index in [-0.39, 0.29) is 5.75 Å². The predicted molar refractivity (Wildman–Crippen MR) is 44.9 cm³/mol. The first-order valence-corrected chi connectivity index (χ1v) is 4.37. The Morgan fingerprint density at radius 1 is 1.50 bits per heavy atom. The lowest BCUT2D eigenvalue weighted by Crippen LogP contribution is -1.70. The van der Waals surface area contributed by atoms with Crippen molar-refractivity contribution in [3.8, 4) is 5.75 Å². The topological polar surface area (TPSA) is 20.2 Å². The van der Waals surface area contributed by atoms with Gasteiger partial charge in [0.1, 0.15) is 5.75 Å². The largest absolute Gasteiger partial charge is 0.506 e. The number of hydrogen-bond acceptors (Lipinski definition) is 2. The van der Waals surface area contributed by atoms with Crippen LogP contribution in [0.2, 0.25) is 5.02 Å². The molecule has 0 unspecified atom stereocenters. The van der Waals surface area contributed by atoms with E-state index in [4.69, 9.17) is 16.7 Å². The fourth-order valence-electron chi connectivity index (χ4n) is 0.615. The van der Waals surface area contributed by atoms with E-state index in [0.717, 1.165) is 4.90 Å². The number of thioether (sulfide) groups is 1. The lowest BCUT2D eigenvalue weighted by molar-refractivity contribution is 0.475. The zero-order valence-corrected chi connectivity index (χ0v) is 7.04. The summed E-state index contributed by atoms with van der Waals surface area (Å²) in [5.41, 5.74) is 0. The van der Waals surface area contributed by atoms with E-state index in [1.54, 1.807) is 23.9 Å². The van der Waals surface area contributed by atoms with E-state index >= 15 is 0 Å². The van der Waals surface area contributed by atoms with E-state index in [0.29, 0.717) is 5.02 Å². The predicted octanol–water partition coefficient (Wildman–Crippen LogP) is 2.77. The van der Waals surface area contributed by atoms with Gasteiger partial charge in [0, 0.05) is 4.90 Å². The fraction of sp³-hybridized carbons (Fsp3) is 0.143. The molecule has 0 fully saturated rings. The molecule has 1 aromatic carbocycles. The van der Waals surface area contributed by atoms with Crippen LogP contribution in [0.4, 0.5) is 0 Å². The first-order valence-electron chi connectivity index (χ1n) is 2.76. The van der Waals surface area contributed by atoms with Gasteiger partial charge in [0.05, 0.1) is 5.02 Å². The first kappa shape index (κ1) is 7.76. The minimum Gasteiger partial charge on any atom is -0.506 e. The monoisotopic (exact) mass is 174 g/mol. The summed E-state index contributed by atoms with van der Waals surface area (Å²) in [6, 6.07) is 5.15. The van der Waals surface area contributed by atoms with E-state index in [1.807, 2.05) is 12.3 Å². The molecule has 0 amide bonds. The molecule has 1 aromatic rings. The molecule has 3 heteroatoms. The second-order valence-corrected chi connectivity index (χ2v) is 3.10. The molecular formula is C7H7ClOS. The molecule has 0 aromatic heterocycles. The summed E-state index contributed by atoms with van der Waals surface area (Å²) in [5, 5.41) is 9.41. The summed E-state index contributed by atoms with van der Waals surface area (Å²) in [5.74, 6) is 0.138. The maximum absolute atomic E-state index is 9.00. The van der Waals surface area contributed by atoms with Crippen molar-refractivity contribution in [2.24, 2.45) is 0 Å². The second-order valence-electron chi connectivity index (χ2n) is 1.82. The normalized spacial score (nSPS) is 9.80. The smallest absolute Gasteiger partial charge is 0.134 e. The van der Waals surface area contributed by atoms with Crippen LogP contribution in [0, 0.1) is 0 Å². The molecule has 0 radical (unpaired) electrons. The van der Waals surface area contributed by atoms with Crippen LogP contribution in [0.15, 0.2) is 23.1 Å². The maximum atomic E-state index is 9.00. The van der Waals surface area contributed by atoms with Gasteiger partial charge in [-0.3, -0.25) is 0 Å². The van der Waals surface area contributed by atoms with Gasteiger partial charge < -0.3 is 5.11 Å². The molecular weight excluding hydrogens is 168 g/mol. The minimum absolute atomic E-state index is 0.138. The van der Waals surface area contributed by atoms with Crippen LogP contribution in [0.25, 0.3) is 0 Å². The number of phenols is 1. The highest BCUT2D eigenvalue weighted by Gasteiger charge is 1.97. The summed E-state index contributed by atoms with van der Waals surface area (Å²) in [6.07, 6.45) is 1.96. The Labute approximate surface area is 69.0 Å². The molecule has 0 atom stereocenters. The Balaban J connectivity index is 3.04. The molecule has 0 saturated carbocycles. The van der Waals surface area contributed by atoms with Crippen molar-refractivity contribution in [1.29, 1.82) is 0 Å². The molecule has 0 aliphatic rings. The third kappa shape index (κ3) is 1.58. The van der Waals surface area contributed by atoms with Crippen LogP contribution in [-0.2, 0) is 0 Å². The average Bonchev–Trinajstić information content (AvgIpc) is 1.95. The van der Waals surface area contributed by atoms with Crippen molar-refractivity contribution in [2.45, 2.75) is 4.90 Å². The van der Waals surface area contributed by atoms with Crippen molar-refractivity contribution >= 4 is 23.4 Å². The van der Waals surface area contributed by atoms with Crippen molar-refractivity contribution in [3.05, 3.63) is 23.2 Å². The Hall–Kier alpha value is -0.340. The summed E-state index contributed by atoms with van der Waals surface area (Å²) in [7, 11) is 0. The van der Waals surface area contributed by atoms with Gasteiger partial charge in [0.15, 0.2) is 0 Å². The fourth-order valence-corrected chi connectivity index (χ4v) is 1.30. The SMILES string of the molecule is CSc1ccc(O)c(Cl)c1. The third-order valence-corrected chi connectivity index (χ3v) is 2.18. The molecule has 1 nitrogen and oxygen atoms in total. The van der Waals surface area contributed by atoms with Crippen LogP contribution in [0.1, 0.15) is 0 Å². The van der Waals surface area contributed by atoms with E-state index in [1.165, 1.54) is 0 Å². The molecule has 0 bridgehead atoms. The molecule has 0 aliphatic carbocycles. The summed E-state index contributed by atoms with van der Waals surface area (Å²) in [6.45, 7) is 0. The van der Waals surface area contributed by atoms with Gasteiger partial charge in [-0.2, -0.15) is 0 Å². The van der Waals surface area contributed by atoms with Crippen molar-refractivity contribution in [2.75, 3.05) is 6.26 Å². The zero-order valence-electron chi connectivity index (χ0n) is 5.47. The van der Waals surface area contributed by atoms with Crippen LogP contribution >= 0.6 is 23.4 Å². The highest BCUT2D eigenvalue weighted by molar-refractivity contribution is 7.98. The maximum Gasteiger partial charge on any atom is 0.134 e. The van der Waals surface area contributed by atoms with E-state index in [9.17, 15) is 0 Å². The standard InChI is InChI=1S/C7H7ClOS/c1-10-5-2-3-7(9)6(8)4-5/h2-4,9H,1H3. The quantitative estimate of drug-likeness (QED) is 0.661. The lowest BCUT2D eigenvalue weighted by Gasteiger charge is -1.97. The molecule has 0 spiro atoms. The second kappa shape index (κ2) is 3.17. The van der Waals surface area contributed by atoms with Crippen molar-refractivity contribution in [1.82, 2.24) is 0 Å². The molecule has 54 valence electrons. The molecule has 0 saturated heterocycles. The summed E-state index contributed by atoms with van der Waals surface area (Å²) < 4.78 is 0. The third-order valence-electron chi connectivity index (χ3n) is 1.15. The summed E-state index contributed by atoms with van der Waals surface area (Å²) in [4.78, 5) is 1.06. The Morgan fingerprint density at radius 3 is 2.70 bits per heavy atom. The van der Waals surface area contributed by atoms with Crippen LogP contribution in [0.3, 0.4) is 0 Å². The molecule has 1 rings (SSSR count). The van der Waals surface area contributed by atoms with Gasteiger partial charge >= 0.3 is 0 Å². The number of halogens is 1. The molecule has 0 aliphatic heterocycles. The van der Waals surface area contributed by atoms with Gasteiger partial charge in [0.2, 0.25) is 0 Å². The highest BCUT2D eigenvalue weighted by atomic mass is 35.5. The Bertz CT molecular complexity index is 237. The number of aromatic hydroxyl groups is 1. The zero-order chi connectivity index (χ0) is 7.56. The van der Waals surface area contributed by atoms with Gasteiger partial charge in [-0.1, -0.05) is 11.6 Å². The number of hydrogen-bond donors (Lipinski definition) is 1. The van der Waals surface area contributed by atoms with E-state index < -0.39 is 0 Å². The van der Waals surface area contributed by atoms with Gasteiger partial charge in [-0.25, -0.2) is 0 Å². The number of phenolic OH excluding ortho intramolecular Hbond substituents is 1. The van der Waals surface area contributed by atoms with Crippen LogP contribution < -0.4 is 0 Å². The van der Waals surface area contributed by atoms with Gasteiger partial charge in [-0.15, -0.1) is 11.8 Å². The number of benzene rings is 1. The highest BCUT2D eigenvalue weighted by Crippen LogP contribution is 2.27. The number of rotatable bonds is 1. The van der Waals surface area contributed by atoms with E-state index in [2.05, 4.69) is 0 Å². The van der Waals surface area contributed by atoms with Crippen LogP contribution in [-0.4, -0.2) is 11.4 Å². The van der Waals surface area contributed by atoms with Gasteiger partial charge in [-0.05, 0) is 24.5 Å². The lowest BCUT2D eigenvalue weighted by atomic mass is 10.3. The molecule has 0 heterocycles. The first-order chi connectivity index (χ1) is 4.74. The van der Waals surface area contributed by atoms with Crippen molar-refractivity contribution < 1.29 is 5.11 Å². The van der Waals surface area contributed by atoms with Crippen molar-refractivity contribution in [3.63, 3.8) is 0 Å². The molecule has 10 heavy (non-hydrogen) atoms. The average molecular weight is 175 g/mol. The Kier molecular flexibility index (Phi) is 2.46. The molecule has 1 N–H and O–H groups in total. The van der Waals surface area contributed by atoms with Crippen LogP contribution in [0.5, 0.6) is 5.75 Å².